The molecule has 0 amide bonds. The number of ketones is 1. The van der Waals surface area contributed by atoms with Crippen molar-refractivity contribution in [1.29, 1.82) is 0 Å². The lowest BCUT2D eigenvalue weighted by atomic mass is 9.89. The van der Waals surface area contributed by atoms with Crippen LogP contribution in [0.4, 0.5) is 0 Å². The van der Waals surface area contributed by atoms with E-state index in [1.54, 1.807) is 20.8 Å². The Morgan fingerprint density at radius 3 is 2.81 bits per heavy atom. The molecule has 21 heavy (non-hydrogen) atoms. The van der Waals surface area contributed by atoms with Crippen molar-refractivity contribution in [3.8, 4) is 0 Å². The maximum Gasteiger partial charge on any atom is 0.319 e. The fourth-order valence-corrected chi connectivity index (χ4v) is 2.64. The number of rotatable bonds is 6. The minimum Gasteiger partial charge on any atom is -0.465 e. The van der Waals surface area contributed by atoms with Crippen molar-refractivity contribution in [3.63, 3.8) is 0 Å². The highest BCUT2D eigenvalue weighted by atomic mass is 32.2. The number of imidazole rings is 1. The third-order valence-corrected chi connectivity index (χ3v) is 4.00. The lowest BCUT2D eigenvalue weighted by molar-refractivity contribution is -0.157. The van der Waals surface area contributed by atoms with Gasteiger partial charge in [-0.05, 0) is 20.8 Å². The summed E-state index contributed by atoms with van der Waals surface area (Å²) in [4.78, 5) is 39.1. The van der Waals surface area contributed by atoms with Gasteiger partial charge in [0.2, 0.25) is 0 Å². The van der Waals surface area contributed by atoms with Gasteiger partial charge in [-0.2, -0.15) is 0 Å². The molecular formula is C13H16N4O3S. The standard InChI is InChI=1S/C13H16N4O3S/c1-4-20-12(19)13(2,3)8(18)5-21-11-9-10(15-6-14-9)16-7-17-11/h6-7H,4-5H2,1-3H3,(H,14,15,16,17). The number of Topliss-reactive ketones (excluding diaryl/α,β-unsaturated/α-hetero) is 1. The zero-order chi connectivity index (χ0) is 15.5. The maximum atomic E-state index is 12.2. The van der Waals surface area contributed by atoms with Crippen molar-refractivity contribution in [2.24, 2.45) is 5.41 Å². The third-order valence-electron chi connectivity index (χ3n) is 3.01. The minimum atomic E-state index is -1.16. The van der Waals surface area contributed by atoms with Gasteiger partial charge < -0.3 is 9.72 Å². The number of hydrogen-bond donors (Lipinski definition) is 1. The SMILES string of the molecule is CCOC(=O)C(C)(C)C(=O)CSc1ncnc2nc[nH]c12. The second-order valence-electron chi connectivity index (χ2n) is 4.84. The fraction of sp³-hybridized carbons (Fsp3) is 0.462. The Labute approximate surface area is 125 Å². The van der Waals surface area contributed by atoms with Crippen molar-refractivity contribution >= 4 is 34.7 Å². The normalized spacial score (nSPS) is 11.6. The van der Waals surface area contributed by atoms with Gasteiger partial charge in [-0.15, -0.1) is 0 Å². The highest BCUT2D eigenvalue weighted by Crippen LogP contribution is 2.26. The van der Waals surface area contributed by atoms with Crippen LogP contribution in [0.1, 0.15) is 20.8 Å². The van der Waals surface area contributed by atoms with Crippen molar-refractivity contribution in [2.45, 2.75) is 25.8 Å². The molecule has 0 unspecified atom stereocenters. The Morgan fingerprint density at radius 1 is 1.33 bits per heavy atom. The van der Waals surface area contributed by atoms with Gasteiger partial charge in [-0.25, -0.2) is 15.0 Å². The summed E-state index contributed by atoms with van der Waals surface area (Å²) in [6.07, 6.45) is 2.92. The number of esters is 1. The predicted octanol–water partition coefficient (Wildman–Crippen LogP) is 1.60. The molecule has 2 aromatic heterocycles. The van der Waals surface area contributed by atoms with Crippen LogP contribution >= 0.6 is 11.8 Å². The number of H-pyrrole nitrogens is 1. The molecule has 0 fully saturated rings. The van der Waals surface area contributed by atoms with Crippen LogP contribution in [0.2, 0.25) is 0 Å². The van der Waals surface area contributed by atoms with Gasteiger partial charge in [-0.3, -0.25) is 9.59 Å². The molecule has 7 nitrogen and oxygen atoms in total. The molecule has 0 aliphatic carbocycles. The average Bonchev–Trinajstić information content (AvgIpc) is 2.93. The second kappa shape index (κ2) is 6.21. The Bertz CT molecular complexity index is 668. The Hall–Kier alpha value is -1.96. The van der Waals surface area contributed by atoms with Crippen LogP contribution in [0.15, 0.2) is 17.7 Å². The van der Waals surface area contributed by atoms with E-state index in [1.807, 2.05) is 0 Å². The number of nitrogens with zero attached hydrogens (tertiary/aromatic N) is 3. The van der Waals surface area contributed by atoms with E-state index in [2.05, 4.69) is 19.9 Å². The van der Waals surface area contributed by atoms with Crippen molar-refractivity contribution in [1.82, 2.24) is 19.9 Å². The molecule has 0 bridgehead atoms. The van der Waals surface area contributed by atoms with E-state index in [1.165, 1.54) is 24.4 Å². The summed E-state index contributed by atoms with van der Waals surface area (Å²) in [7, 11) is 0. The molecule has 2 rings (SSSR count). The van der Waals surface area contributed by atoms with Crippen LogP contribution in [0.5, 0.6) is 0 Å². The monoisotopic (exact) mass is 308 g/mol. The maximum absolute atomic E-state index is 12.2. The molecule has 0 atom stereocenters. The Balaban J connectivity index is 2.07. The molecule has 0 radical (unpaired) electrons. The number of thioether (sulfide) groups is 1. The van der Waals surface area contributed by atoms with E-state index in [4.69, 9.17) is 4.74 Å². The number of carbonyl (C=O) groups is 2. The second-order valence-corrected chi connectivity index (χ2v) is 5.80. The van der Waals surface area contributed by atoms with Crippen molar-refractivity contribution in [3.05, 3.63) is 12.7 Å². The van der Waals surface area contributed by atoms with Crippen LogP contribution in [-0.4, -0.2) is 44.0 Å². The fourth-order valence-electron chi connectivity index (χ4n) is 1.59. The summed E-state index contributed by atoms with van der Waals surface area (Å²) >= 11 is 1.25. The highest BCUT2D eigenvalue weighted by molar-refractivity contribution is 8.00. The first kappa shape index (κ1) is 15.4. The van der Waals surface area contributed by atoms with Crippen LogP contribution in [0.25, 0.3) is 11.2 Å². The van der Waals surface area contributed by atoms with Gasteiger partial charge in [0.25, 0.3) is 0 Å². The lowest BCUT2D eigenvalue weighted by Crippen LogP contribution is -2.36. The van der Waals surface area contributed by atoms with Crippen LogP contribution < -0.4 is 0 Å². The number of aromatic nitrogens is 4. The zero-order valence-electron chi connectivity index (χ0n) is 12.0. The largest absolute Gasteiger partial charge is 0.465 e. The van der Waals surface area contributed by atoms with Crippen LogP contribution in [0, 0.1) is 5.41 Å². The summed E-state index contributed by atoms with van der Waals surface area (Å²) in [5.74, 6) is -0.598. The summed E-state index contributed by atoms with van der Waals surface area (Å²) in [5.41, 5.74) is 0.0669. The summed E-state index contributed by atoms with van der Waals surface area (Å²) in [6.45, 7) is 5.10. The molecule has 2 heterocycles. The third kappa shape index (κ3) is 3.21. The van der Waals surface area contributed by atoms with Crippen molar-refractivity contribution < 1.29 is 14.3 Å². The first-order chi connectivity index (χ1) is 9.96. The zero-order valence-corrected chi connectivity index (χ0v) is 12.9. The van der Waals surface area contributed by atoms with Crippen LogP contribution in [0.3, 0.4) is 0 Å². The van der Waals surface area contributed by atoms with E-state index in [9.17, 15) is 9.59 Å². The summed E-state index contributed by atoms with van der Waals surface area (Å²) in [6, 6.07) is 0. The molecule has 0 aliphatic rings. The van der Waals surface area contributed by atoms with Crippen molar-refractivity contribution in [2.75, 3.05) is 12.4 Å². The first-order valence-electron chi connectivity index (χ1n) is 6.44. The van der Waals surface area contributed by atoms with Gasteiger partial charge >= 0.3 is 5.97 Å². The van der Waals surface area contributed by atoms with Gasteiger partial charge in [-0.1, -0.05) is 11.8 Å². The number of hydrogen-bond acceptors (Lipinski definition) is 7. The van der Waals surface area contributed by atoms with Crippen LogP contribution in [-0.2, 0) is 14.3 Å². The molecule has 0 aromatic carbocycles. The number of carbonyl (C=O) groups excluding carboxylic acids is 2. The molecule has 0 aliphatic heterocycles. The van der Waals surface area contributed by atoms with Gasteiger partial charge in [0.15, 0.2) is 11.4 Å². The predicted molar refractivity (Wildman–Crippen MR) is 77.8 cm³/mol. The lowest BCUT2D eigenvalue weighted by Gasteiger charge is -2.20. The quantitative estimate of drug-likeness (QED) is 0.374. The topological polar surface area (TPSA) is 97.8 Å². The number of nitrogens with one attached hydrogen (secondary N) is 1. The number of aromatic amines is 1. The molecular weight excluding hydrogens is 292 g/mol. The Morgan fingerprint density at radius 2 is 2.10 bits per heavy atom. The molecule has 112 valence electrons. The van der Waals surface area contributed by atoms with E-state index in [0.717, 1.165) is 0 Å². The summed E-state index contributed by atoms with van der Waals surface area (Å²) < 4.78 is 4.93. The minimum absolute atomic E-state index is 0.122. The Kier molecular flexibility index (Phi) is 4.56. The van der Waals surface area contributed by atoms with E-state index in [-0.39, 0.29) is 18.1 Å². The van der Waals surface area contributed by atoms with E-state index < -0.39 is 11.4 Å². The molecule has 2 aromatic rings. The molecule has 0 saturated carbocycles. The van der Waals surface area contributed by atoms with Gasteiger partial charge in [0.05, 0.1) is 18.7 Å². The number of ether oxygens (including phenoxy) is 1. The van der Waals surface area contributed by atoms with E-state index in [0.29, 0.717) is 16.2 Å². The molecule has 8 heteroatoms. The summed E-state index contributed by atoms with van der Waals surface area (Å²) in [5, 5.41) is 0.630. The average molecular weight is 308 g/mol. The molecule has 0 saturated heterocycles. The smallest absolute Gasteiger partial charge is 0.319 e. The van der Waals surface area contributed by atoms with Gasteiger partial charge in [0.1, 0.15) is 22.3 Å². The van der Waals surface area contributed by atoms with E-state index >= 15 is 0 Å². The highest BCUT2D eigenvalue weighted by Gasteiger charge is 2.37. The molecule has 0 spiro atoms. The first-order valence-corrected chi connectivity index (χ1v) is 7.42. The molecule has 1 N–H and O–H groups in total. The number of fused-ring (bicyclic) bond motifs is 1. The van der Waals surface area contributed by atoms with Gasteiger partial charge in [0, 0.05) is 0 Å².